The molecule has 3 aromatic rings. The van der Waals surface area contributed by atoms with Gasteiger partial charge in [0.2, 0.25) is 0 Å². The third-order valence-electron chi connectivity index (χ3n) is 4.71. The van der Waals surface area contributed by atoms with E-state index in [1.807, 2.05) is 11.0 Å². The summed E-state index contributed by atoms with van der Waals surface area (Å²) in [5.41, 5.74) is 2.48. The molecule has 1 aromatic carbocycles. The zero-order valence-corrected chi connectivity index (χ0v) is 14.4. The van der Waals surface area contributed by atoms with Gasteiger partial charge in [-0.05, 0) is 19.1 Å². The first-order chi connectivity index (χ1) is 12.5. The van der Waals surface area contributed by atoms with Crippen LogP contribution in [-0.2, 0) is 6.54 Å². The summed E-state index contributed by atoms with van der Waals surface area (Å²) in [4.78, 5) is 18.6. The predicted octanol–water partition coefficient (Wildman–Crippen LogP) is 1.93. The lowest BCUT2D eigenvalue weighted by atomic mass is 10.2. The van der Waals surface area contributed by atoms with Crippen LogP contribution in [0.1, 0.15) is 11.3 Å². The minimum Gasteiger partial charge on any atom is -0.367 e. The normalized spacial score (nSPS) is 15.7. The second-order valence-corrected chi connectivity index (χ2v) is 6.59. The molecule has 4 rings (SSSR count). The third kappa shape index (κ3) is 3.20. The van der Waals surface area contributed by atoms with Gasteiger partial charge in [-0.1, -0.05) is 0 Å². The molecule has 1 aliphatic heterocycles. The van der Waals surface area contributed by atoms with Crippen molar-refractivity contribution in [1.82, 2.24) is 19.5 Å². The number of halogens is 2. The molecule has 0 aliphatic carbocycles. The van der Waals surface area contributed by atoms with E-state index < -0.39 is 11.6 Å². The lowest BCUT2D eigenvalue weighted by Gasteiger charge is -2.35. The second kappa shape index (κ2) is 6.53. The van der Waals surface area contributed by atoms with Crippen LogP contribution in [0.2, 0.25) is 0 Å². The number of fused-ring (bicyclic) bond motifs is 1. The van der Waals surface area contributed by atoms with E-state index in [-0.39, 0.29) is 5.56 Å². The zero-order valence-electron chi connectivity index (χ0n) is 14.4. The summed E-state index contributed by atoms with van der Waals surface area (Å²) in [5.74, 6) is -1.09. The van der Waals surface area contributed by atoms with Crippen LogP contribution in [-0.4, -0.2) is 45.7 Å². The van der Waals surface area contributed by atoms with E-state index in [1.54, 1.807) is 17.6 Å². The molecule has 1 saturated heterocycles. The lowest BCUT2D eigenvalue weighted by Crippen LogP contribution is -2.46. The van der Waals surface area contributed by atoms with Crippen LogP contribution in [0.15, 0.2) is 35.3 Å². The van der Waals surface area contributed by atoms with Crippen molar-refractivity contribution in [3.05, 3.63) is 63.7 Å². The molecule has 0 amide bonds. The fourth-order valence-electron chi connectivity index (χ4n) is 3.28. The molecule has 26 heavy (non-hydrogen) atoms. The molecule has 6 nitrogen and oxygen atoms in total. The number of hydrogen-bond acceptors (Lipinski definition) is 4. The van der Waals surface area contributed by atoms with Crippen molar-refractivity contribution in [3.8, 4) is 0 Å². The standard InChI is InChI=1S/C18H19F2N5O/c1-12-10-25-17(21-18(12)26)9-14(22-25)11-23-4-6-24(7-5-23)16-3-2-13(19)8-15(16)20/h2-3,8-10H,4-7,11H2,1H3,(H,21,26). The van der Waals surface area contributed by atoms with Crippen molar-refractivity contribution in [3.63, 3.8) is 0 Å². The highest BCUT2D eigenvalue weighted by atomic mass is 19.1. The predicted molar refractivity (Wildman–Crippen MR) is 94.4 cm³/mol. The number of piperazine rings is 1. The molecule has 136 valence electrons. The van der Waals surface area contributed by atoms with Crippen molar-refractivity contribution in [2.75, 3.05) is 31.1 Å². The second-order valence-electron chi connectivity index (χ2n) is 6.59. The SMILES string of the molecule is Cc1cn2nc(CN3CCN(c4ccc(F)cc4F)CC3)cc2[nH]c1=O. The molecule has 8 heteroatoms. The molecular weight excluding hydrogens is 340 g/mol. The number of nitrogens with zero attached hydrogens (tertiary/aromatic N) is 4. The molecular formula is C18H19F2N5O. The monoisotopic (exact) mass is 359 g/mol. The van der Waals surface area contributed by atoms with Gasteiger partial charge in [0.15, 0.2) is 0 Å². The van der Waals surface area contributed by atoms with Gasteiger partial charge in [0.05, 0.1) is 11.4 Å². The maximum atomic E-state index is 13.9. The molecule has 0 unspecified atom stereocenters. The summed E-state index contributed by atoms with van der Waals surface area (Å²) in [5, 5.41) is 4.50. The van der Waals surface area contributed by atoms with Gasteiger partial charge < -0.3 is 9.88 Å². The summed E-state index contributed by atoms with van der Waals surface area (Å²) < 4.78 is 28.7. The largest absolute Gasteiger partial charge is 0.367 e. The van der Waals surface area contributed by atoms with Gasteiger partial charge in [-0.3, -0.25) is 9.69 Å². The third-order valence-corrected chi connectivity index (χ3v) is 4.71. The highest BCUT2D eigenvalue weighted by Gasteiger charge is 2.20. The molecule has 2 aromatic heterocycles. The fraction of sp³-hybridized carbons (Fsp3) is 0.333. The Kier molecular flexibility index (Phi) is 4.20. The van der Waals surface area contributed by atoms with E-state index in [2.05, 4.69) is 15.0 Å². The molecule has 0 radical (unpaired) electrons. The number of aromatic nitrogens is 3. The molecule has 3 heterocycles. The smallest absolute Gasteiger partial charge is 0.254 e. The number of anilines is 1. The molecule has 0 atom stereocenters. The van der Waals surface area contributed by atoms with E-state index in [0.29, 0.717) is 36.5 Å². The van der Waals surface area contributed by atoms with Gasteiger partial charge in [-0.25, -0.2) is 13.3 Å². The van der Waals surface area contributed by atoms with E-state index in [4.69, 9.17) is 0 Å². The van der Waals surface area contributed by atoms with Crippen molar-refractivity contribution in [2.24, 2.45) is 0 Å². The van der Waals surface area contributed by atoms with Gasteiger partial charge in [0, 0.05) is 56.6 Å². The van der Waals surface area contributed by atoms with Crippen LogP contribution >= 0.6 is 0 Å². The first-order valence-corrected chi connectivity index (χ1v) is 8.50. The van der Waals surface area contributed by atoms with Gasteiger partial charge in [0.1, 0.15) is 17.3 Å². The van der Waals surface area contributed by atoms with Gasteiger partial charge in [0.25, 0.3) is 5.56 Å². The maximum Gasteiger partial charge on any atom is 0.254 e. The Morgan fingerprint density at radius 1 is 1.15 bits per heavy atom. The number of rotatable bonds is 3. The summed E-state index contributed by atoms with van der Waals surface area (Å²) in [6.45, 7) is 5.22. The fourth-order valence-corrected chi connectivity index (χ4v) is 3.28. The van der Waals surface area contributed by atoms with Gasteiger partial charge >= 0.3 is 0 Å². The maximum absolute atomic E-state index is 13.9. The number of hydrogen-bond donors (Lipinski definition) is 1. The van der Waals surface area contributed by atoms with Crippen LogP contribution in [0.5, 0.6) is 0 Å². The Labute approximate surface area is 148 Å². The summed E-state index contributed by atoms with van der Waals surface area (Å²) >= 11 is 0. The highest BCUT2D eigenvalue weighted by Crippen LogP contribution is 2.22. The highest BCUT2D eigenvalue weighted by molar-refractivity contribution is 5.48. The average molecular weight is 359 g/mol. The van der Waals surface area contributed by atoms with Crippen LogP contribution in [0.25, 0.3) is 5.65 Å². The zero-order chi connectivity index (χ0) is 18.3. The Hall–Kier alpha value is -2.74. The van der Waals surface area contributed by atoms with E-state index in [9.17, 15) is 13.6 Å². The topological polar surface area (TPSA) is 56.6 Å². The minimum absolute atomic E-state index is 0.112. The first kappa shape index (κ1) is 16.7. The molecule has 1 aliphatic rings. The number of H-pyrrole nitrogens is 1. The van der Waals surface area contributed by atoms with Gasteiger partial charge in [-0.2, -0.15) is 5.10 Å². The number of aromatic amines is 1. The number of nitrogens with one attached hydrogen (secondary N) is 1. The minimum atomic E-state index is -0.565. The van der Waals surface area contributed by atoms with Crippen LogP contribution < -0.4 is 10.5 Å². The lowest BCUT2D eigenvalue weighted by molar-refractivity contribution is 0.246. The molecule has 0 saturated carbocycles. The van der Waals surface area contributed by atoms with Crippen LogP contribution in [0, 0.1) is 18.6 Å². The first-order valence-electron chi connectivity index (χ1n) is 8.50. The number of benzene rings is 1. The van der Waals surface area contributed by atoms with Crippen LogP contribution in [0.3, 0.4) is 0 Å². The van der Waals surface area contributed by atoms with E-state index in [1.165, 1.54) is 12.1 Å². The van der Waals surface area contributed by atoms with Gasteiger partial charge in [-0.15, -0.1) is 0 Å². The quantitative estimate of drug-likeness (QED) is 0.776. The van der Waals surface area contributed by atoms with Crippen molar-refractivity contribution < 1.29 is 8.78 Å². The molecule has 0 spiro atoms. The summed E-state index contributed by atoms with van der Waals surface area (Å²) in [6, 6.07) is 5.55. The molecule has 1 N–H and O–H groups in total. The Balaban J connectivity index is 1.43. The number of aryl methyl sites for hydroxylation is 1. The van der Waals surface area contributed by atoms with E-state index >= 15 is 0 Å². The average Bonchev–Trinajstić information content (AvgIpc) is 2.97. The summed E-state index contributed by atoms with van der Waals surface area (Å²) in [7, 11) is 0. The Morgan fingerprint density at radius 3 is 2.65 bits per heavy atom. The van der Waals surface area contributed by atoms with Crippen molar-refractivity contribution in [2.45, 2.75) is 13.5 Å². The van der Waals surface area contributed by atoms with Crippen molar-refractivity contribution in [1.29, 1.82) is 0 Å². The molecule has 1 fully saturated rings. The Morgan fingerprint density at radius 2 is 1.92 bits per heavy atom. The molecule has 0 bridgehead atoms. The van der Waals surface area contributed by atoms with E-state index in [0.717, 1.165) is 24.8 Å². The summed E-state index contributed by atoms with van der Waals surface area (Å²) in [6.07, 6.45) is 1.72. The van der Waals surface area contributed by atoms with Crippen molar-refractivity contribution >= 4 is 11.3 Å². The van der Waals surface area contributed by atoms with Crippen LogP contribution in [0.4, 0.5) is 14.5 Å². The Bertz CT molecular complexity index is 1000.